The molecule has 0 saturated carbocycles. The number of rotatable bonds is 5. The van der Waals surface area contributed by atoms with Crippen LogP contribution in [0.1, 0.15) is 5.56 Å². The molecule has 2 N–H and O–H groups in total. The molecule has 0 radical (unpaired) electrons. The van der Waals surface area contributed by atoms with Crippen LogP contribution in [0, 0.1) is 10.1 Å². The summed E-state index contributed by atoms with van der Waals surface area (Å²) in [6.45, 7) is 0. The average molecular weight is 397 g/mol. The number of benzene rings is 1. The van der Waals surface area contributed by atoms with Crippen LogP contribution in [0.2, 0.25) is 5.02 Å². The van der Waals surface area contributed by atoms with Crippen molar-refractivity contribution >= 4 is 33.1 Å². The molecule has 8 nitrogen and oxygen atoms in total. The van der Waals surface area contributed by atoms with Crippen molar-refractivity contribution < 1.29 is 26.5 Å². The zero-order chi connectivity index (χ0) is 18.8. The molecule has 0 amide bonds. The molecule has 0 aliphatic heterocycles. The van der Waals surface area contributed by atoms with Crippen LogP contribution in [0.5, 0.6) is 0 Å². The van der Waals surface area contributed by atoms with E-state index in [1.165, 1.54) is 12.1 Å². The van der Waals surface area contributed by atoms with E-state index in [1.54, 1.807) is 4.83 Å². The number of alkyl halides is 3. The van der Waals surface area contributed by atoms with Crippen molar-refractivity contribution in [2.24, 2.45) is 0 Å². The molecule has 0 aliphatic rings. The SMILES string of the molecule is O=[N+]([O-])c1ccccc1S(=O)(=O)NNc1ncc(C(F)(F)F)cc1Cl. The maximum absolute atomic E-state index is 12.5. The molecule has 0 aliphatic carbocycles. The number of halogens is 4. The van der Waals surface area contributed by atoms with Gasteiger partial charge in [0.2, 0.25) is 0 Å². The lowest BCUT2D eigenvalue weighted by Crippen LogP contribution is -2.30. The van der Waals surface area contributed by atoms with Crippen molar-refractivity contribution in [1.82, 2.24) is 9.82 Å². The summed E-state index contributed by atoms with van der Waals surface area (Å²) in [5, 5.41) is 10.4. The Bertz CT molecular complexity index is 921. The number of pyridine rings is 1. The normalized spacial score (nSPS) is 12.0. The van der Waals surface area contributed by atoms with E-state index < -0.39 is 48.1 Å². The number of nitro benzene ring substituents is 1. The Kier molecular flexibility index (Phi) is 5.15. The van der Waals surface area contributed by atoms with E-state index in [1.807, 2.05) is 5.43 Å². The molecule has 0 atom stereocenters. The lowest BCUT2D eigenvalue weighted by Gasteiger charge is -2.12. The second-order valence-electron chi connectivity index (χ2n) is 4.51. The van der Waals surface area contributed by atoms with E-state index in [2.05, 4.69) is 4.98 Å². The summed E-state index contributed by atoms with van der Waals surface area (Å²) in [4.78, 5) is 14.5. The Morgan fingerprint density at radius 2 is 1.88 bits per heavy atom. The summed E-state index contributed by atoms with van der Waals surface area (Å²) < 4.78 is 61.8. The first kappa shape index (κ1) is 18.9. The average Bonchev–Trinajstić information content (AvgIpc) is 2.52. The van der Waals surface area contributed by atoms with Crippen LogP contribution in [0.25, 0.3) is 0 Å². The van der Waals surface area contributed by atoms with Gasteiger partial charge in [-0.1, -0.05) is 23.7 Å². The molecule has 0 spiro atoms. The van der Waals surface area contributed by atoms with Gasteiger partial charge in [0.1, 0.15) is 0 Å². The first-order valence-corrected chi connectivity index (χ1v) is 8.12. The molecule has 2 rings (SSSR count). The van der Waals surface area contributed by atoms with Crippen LogP contribution >= 0.6 is 11.6 Å². The van der Waals surface area contributed by atoms with Crippen molar-refractivity contribution in [1.29, 1.82) is 0 Å². The van der Waals surface area contributed by atoms with Gasteiger partial charge in [-0.2, -0.15) is 13.2 Å². The number of nitro groups is 1. The summed E-state index contributed by atoms with van der Waals surface area (Å²) in [6.07, 6.45) is -4.22. The molecule has 25 heavy (non-hydrogen) atoms. The molecule has 13 heteroatoms. The van der Waals surface area contributed by atoms with Crippen LogP contribution in [-0.2, 0) is 16.2 Å². The molecule has 2 aromatic rings. The van der Waals surface area contributed by atoms with Crippen molar-refractivity contribution in [3.63, 3.8) is 0 Å². The second kappa shape index (κ2) is 6.82. The monoisotopic (exact) mass is 396 g/mol. The fraction of sp³-hybridized carbons (Fsp3) is 0.0833. The van der Waals surface area contributed by atoms with Gasteiger partial charge in [0.25, 0.3) is 15.7 Å². The van der Waals surface area contributed by atoms with Gasteiger partial charge >= 0.3 is 6.18 Å². The number of aromatic nitrogens is 1. The zero-order valence-corrected chi connectivity index (χ0v) is 13.5. The Labute approximate surface area is 143 Å². The highest BCUT2D eigenvalue weighted by molar-refractivity contribution is 7.89. The predicted octanol–water partition coefficient (Wildman–Crippen LogP) is 2.97. The molecular weight excluding hydrogens is 389 g/mol. The highest BCUT2D eigenvalue weighted by Gasteiger charge is 2.32. The van der Waals surface area contributed by atoms with Gasteiger partial charge < -0.3 is 0 Å². The fourth-order valence-corrected chi connectivity index (χ4v) is 2.92. The summed E-state index contributed by atoms with van der Waals surface area (Å²) in [5.41, 5.74) is 0.227. The quantitative estimate of drug-likeness (QED) is 0.593. The maximum Gasteiger partial charge on any atom is 0.417 e. The van der Waals surface area contributed by atoms with Crippen LogP contribution in [-0.4, -0.2) is 18.3 Å². The number of hydrazine groups is 1. The lowest BCUT2D eigenvalue weighted by molar-refractivity contribution is -0.387. The molecule has 0 saturated heterocycles. The number of nitrogens with one attached hydrogen (secondary N) is 2. The van der Waals surface area contributed by atoms with Gasteiger partial charge in [-0.15, -0.1) is 4.83 Å². The molecule has 1 aromatic heterocycles. The maximum atomic E-state index is 12.5. The molecular formula is C12H8ClF3N4O4S. The van der Waals surface area contributed by atoms with E-state index in [0.717, 1.165) is 12.1 Å². The first-order valence-electron chi connectivity index (χ1n) is 6.26. The van der Waals surface area contributed by atoms with E-state index in [0.29, 0.717) is 12.3 Å². The lowest BCUT2D eigenvalue weighted by atomic mass is 10.3. The highest BCUT2D eigenvalue weighted by Crippen LogP contribution is 2.32. The predicted molar refractivity (Wildman–Crippen MR) is 81.3 cm³/mol. The largest absolute Gasteiger partial charge is 0.417 e. The van der Waals surface area contributed by atoms with Crippen LogP contribution in [0.3, 0.4) is 0 Å². The first-order chi connectivity index (χ1) is 11.5. The molecule has 0 bridgehead atoms. The summed E-state index contributed by atoms with van der Waals surface area (Å²) in [5.74, 6) is -0.406. The molecule has 134 valence electrons. The minimum atomic E-state index is -4.67. The van der Waals surface area contributed by atoms with Crippen molar-refractivity contribution in [2.75, 3.05) is 5.43 Å². The van der Waals surface area contributed by atoms with E-state index >= 15 is 0 Å². The van der Waals surface area contributed by atoms with Crippen molar-refractivity contribution in [3.8, 4) is 0 Å². The van der Waals surface area contributed by atoms with Gasteiger partial charge in [0.05, 0.1) is 15.5 Å². The van der Waals surface area contributed by atoms with Crippen LogP contribution in [0.4, 0.5) is 24.7 Å². The molecule has 1 heterocycles. The number of anilines is 1. The summed E-state index contributed by atoms with van der Waals surface area (Å²) in [6, 6.07) is 5.07. The van der Waals surface area contributed by atoms with E-state index in [-0.39, 0.29) is 0 Å². The van der Waals surface area contributed by atoms with Gasteiger partial charge in [-0.3, -0.25) is 15.5 Å². The number of hydrogen-bond donors (Lipinski definition) is 2. The smallest absolute Gasteiger partial charge is 0.291 e. The Morgan fingerprint density at radius 1 is 1.24 bits per heavy atom. The number of hydrogen-bond acceptors (Lipinski definition) is 6. The van der Waals surface area contributed by atoms with Crippen molar-refractivity contribution in [3.05, 3.63) is 57.2 Å². The third-order valence-electron chi connectivity index (χ3n) is 2.82. The van der Waals surface area contributed by atoms with Gasteiger partial charge in [0.15, 0.2) is 10.7 Å². The molecule has 0 unspecified atom stereocenters. The van der Waals surface area contributed by atoms with Crippen LogP contribution < -0.4 is 10.3 Å². The molecule has 0 fully saturated rings. The summed E-state index contributed by atoms with van der Waals surface area (Å²) in [7, 11) is -4.41. The van der Waals surface area contributed by atoms with Gasteiger partial charge in [-0.25, -0.2) is 13.4 Å². The Morgan fingerprint density at radius 3 is 2.44 bits per heavy atom. The zero-order valence-electron chi connectivity index (χ0n) is 11.9. The number of para-hydroxylation sites is 1. The fourth-order valence-electron chi connectivity index (χ4n) is 1.69. The van der Waals surface area contributed by atoms with E-state index in [4.69, 9.17) is 11.6 Å². The van der Waals surface area contributed by atoms with Crippen molar-refractivity contribution in [2.45, 2.75) is 11.1 Å². The molecule has 1 aromatic carbocycles. The third kappa shape index (κ3) is 4.35. The van der Waals surface area contributed by atoms with Gasteiger partial charge in [-0.05, 0) is 12.1 Å². The topological polar surface area (TPSA) is 114 Å². The number of nitrogens with zero attached hydrogens (tertiary/aromatic N) is 2. The second-order valence-corrected chi connectivity index (χ2v) is 6.57. The van der Waals surface area contributed by atoms with Gasteiger partial charge in [0, 0.05) is 12.3 Å². The standard InChI is InChI=1S/C12H8ClF3N4O4S/c13-8-5-7(12(14,15)16)6-17-11(8)18-19-25(23,24)10-4-2-1-3-9(10)20(21)22/h1-6,19H,(H,17,18). The summed E-state index contributed by atoms with van der Waals surface area (Å²) >= 11 is 5.62. The number of sulfonamides is 1. The van der Waals surface area contributed by atoms with Crippen LogP contribution in [0.15, 0.2) is 41.4 Å². The minimum Gasteiger partial charge on any atom is -0.291 e. The Balaban J connectivity index is 2.25. The van der Waals surface area contributed by atoms with E-state index in [9.17, 15) is 31.7 Å². The Hall–Kier alpha value is -2.44. The third-order valence-corrected chi connectivity index (χ3v) is 4.41. The highest BCUT2D eigenvalue weighted by atomic mass is 35.5. The minimum absolute atomic E-state index is 0.406.